The Morgan fingerprint density at radius 2 is 1.79 bits per heavy atom. The minimum atomic E-state index is 0.138. The van der Waals surface area contributed by atoms with Crippen LogP contribution in [0, 0.1) is 16.7 Å². The number of halogens is 1. The Bertz CT molecular complexity index is 746. The maximum absolute atomic E-state index is 6.67. The molecule has 5 aliphatic rings. The quantitative estimate of drug-likeness (QED) is 0.515. The molecule has 0 aliphatic heterocycles. The number of benzene rings is 1. The monoisotopic (exact) mass is 416 g/mol. The zero-order chi connectivity index (χ0) is 19.4. The van der Waals surface area contributed by atoms with Crippen molar-refractivity contribution in [1.29, 1.82) is 0 Å². The molecule has 0 heterocycles. The number of nitrogens with two attached hydrogens (primary N) is 1. The fourth-order valence-electron chi connectivity index (χ4n) is 7.76. The highest BCUT2D eigenvalue weighted by molar-refractivity contribution is 7.80. The summed E-state index contributed by atoms with van der Waals surface area (Å²) in [4.78, 5) is 1.15. The molecule has 3 N–H and O–H groups in total. The van der Waals surface area contributed by atoms with Crippen LogP contribution in [0.2, 0.25) is 0 Å². The van der Waals surface area contributed by atoms with E-state index in [9.17, 15) is 0 Å². The second-order valence-electron chi connectivity index (χ2n) is 10.7. The van der Waals surface area contributed by atoms with Gasteiger partial charge in [0.15, 0.2) is 0 Å². The van der Waals surface area contributed by atoms with Crippen molar-refractivity contribution >= 4 is 28.8 Å². The van der Waals surface area contributed by atoms with E-state index in [1.807, 2.05) is 0 Å². The Morgan fingerprint density at radius 3 is 2.50 bits per heavy atom. The summed E-state index contributed by atoms with van der Waals surface area (Å²) in [6.45, 7) is 0. The minimum absolute atomic E-state index is 0.138. The van der Waals surface area contributed by atoms with E-state index in [2.05, 4.69) is 35.6 Å². The summed E-state index contributed by atoms with van der Waals surface area (Å²) in [5, 5.41) is 3.84. The van der Waals surface area contributed by atoms with Gasteiger partial charge in [-0.2, -0.15) is 0 Å². The first-order valence-electron chi connectivity index (χ1n) is 11.1. The summed E-state index contributed by atoms with van der Waals surface area (Å²) in [5.74, 6) is 1.54. The van der Waals surface area contributed by atoms with Gasteiger partial charge in [-0.1, -0.05) is 42.5 Å². The molecule has 0 radical (unpaired) electrons. The van der Waals surface area contributed by atoms with E-state index in [-0.39, 0.29) is 16.2 Å². The maximum atomic E-state index is 6.67. The van der Waals surface area contributed by atoms with E-state index < -0.39 is 0 Å². The lowest BCUT2D eigenvalue weighted by molar-refractivity contribution is -0.0855. The number of nitrogens with one attached hydrogen (secondary N) is 1. The largest absolute Gasteiger partial charge is 0.376 e. The lowest BCUT2D eigenvalue weighted by Gasteiger charge is -2.67. The molecule has 4 unspecified atom stereocenters. The maximum Gasteiger partial charge on any atom is 0.0818 e. The van der Waals surface area contributed by atoms with E-state index in [0.717, 1.165) is 42.5 Å². The van der Waals surface area contributed by atoms with Gasteiger partial charge in [0.25, 0.3) is 0 Å². The van der Waals surface area contributed by atoms with Crippen molar-refractivity contribution in [3.63, 3.8) is 0 Å². The molecule has 5 fully saturated rings. The molecule has 1 aromatic carbocycles. The average Bonchev–Trinajstić information content (AvgIpc) is 2.69. The van der Waals surface area contributed by atoms with Crippen LogP contribution in [0.3, 0.4) is 0 Å². The molecule has 0 saturated heterocycles. The first-order chi connectivity index (χ1) is 13.5. The van der Waals surface area contributed by atoms with Crippen molar-refractivity contribution in [3.8, 4) is 0 Å². The Hall–Kier alpha value is -0.640. The zero-order valence-electron chi connectivity index (χ0n) is 16.8. The summed E-state index contributed by atoms with van der Waals surface area (Å²) in [7, 11) is 0. The second-order valence-corrected chi connectivity index (χ2v) is 11.3. The van der Waals surface area contributed by atoms with E-state index in [1.54, 1.807) is 0 Å². The Balaban J connectivity index is 1.45. The van der Waals surface area contributed by atoms with Gasteiger partial charge >= 0.3 is 0 Å². The second kappa shape index (κ2) is 6.96. The van der Waals surface area contributed by atoms with Crippen molar-refractivity contribution < 1.29 is 0 Å². The SMILES string of the molecule is N[C@H]1CC[C@H](NC(=S)C23CC4CC(CCl)(C2)CC(c2ccccc2)(C4)C3)CC1. The number of hydrogen-bond acceptors (Lipinski definition) is 2. The topological polar surface area (TPSA) is 38.0 Å². The van der Waals surface area contributed by atoms with Crippen LogP contribution in [0.25, 0.3) is 0 Å². The molecule has 2 nitrogen and oxygen atoms in total. The number of alkyl halides is 1. The van der Waals surface area contributed by atoms with Crippen molar-refractivity contribution in [2.45, 2.75) is 81.7 Å². The van der Waals surface area contributed by atoms with Crippen LogP contribution in [0.1, 0.15) is 69.8 Å². The highest BCUT2D eigenvalue weighted by atomic mass is 35.5. The van der Waals surface area contributed by atoms with Gasteiger partial charge in [-0.15, -0.1) is 11.6 Å². The van der Waals surface area contributed by atoms with Crippen LogP contribution >= 0.6 is 23.8 Å². The number of thiocarbonyl (C=S) groups is 1. The van der Waals surface area contributed by atoms with Crippen LogP contribution in [-0.2, 0) is 5.41 Å². The predicted molar refractivity (Wildman–Crippen MR) is 121 cm³/mol. The Kier molecular flexibility index (Phi) is 4.80. The van der Waals surface area contributed by atoms with E-state index >= 15 is 0 Å². The van der Waals surface area contributed by atoms with E-state index in [1.165, 1.54) is 44.1 Å². The van der Waals surface area contributed by atoms with Gasteiger partial charge in [-0.05, 0) is 86.5 Å². The molecule has 1 aromatic rings. The highest BCUT2D eigenvalue weighted by Crippen LogP contribution is 2.70. The third-order valence-electron chi connectivity index (χ3n) is 8.44. The minimum Gasteiger partial charge on any atom is -0.376 e. The lowest BCUT2D eigenvalue weighted by Crippen LogP contribution is -2.63. The van der Waals surface area contributed by atoms with Gasteiger partial charge in [0.1, 0.15) is 0 Å². The first-order valence-corrected chi connectivity index (χ1v) is 12.1. The Morgan fingerprint density at radius 1 is 1.04 bits per heavy atom. The Labute approximate surface area is 180 Å². The van der Waals surface area contributed by atoms with Crippen LogP contribution in [0.5, 0.6) is 0 Å². The van der Waals surface area contributed by atoms with Gasteiger partial charge in [-0.3, -0.25) is 0 Å². The molecule has 152 valence electrons. The van der Waals surface area contributed by atoms with Crippen LogP contribution in [-0.4, -0.2) is 23.0 Å². The van der Waals surface area contributed by atoms with E-state index in [4.69, 9.17) is 29.6 Å². The molecule has 4 heteroatoms. The van der Waals surface area contributed by atoms with Gasteiger partial charge in [-0.25, -0.2) is 0 Å². The smallest absolute Gasteiger partial charge is 0.0818 e. The van der Waals surface area contributed by atoms with Crippen LogP contribution < -0.4 is 11.1 Å². The normalized spacial score (nSPS) is 44.4. The molecule has 0 aromatic heterocycles. The van der Waals surface area contributed by atoms with Crippen LogP contribution in [0.15, 0.2) is 30.3 Å². The molecule has 4 atom stereocenters. The molecule has 0 spiro atoms. The van der Waals surface area contributed by atoms with Gasteiger partial charge in [0.2, 0.25) is 0 Å². The zero-order valence-corrected chi connectivity index (χ0v) is 18.3. The molecular weight excluding hydrogens is 384 g/mol. The lowest BCUT2D eigenvalue weighted by atomic mass is 9.38. The average molecular weight is 417 g/mol. The van der Waals surface area contributed by atoms with Gasteiger partial charge < -0.3 is 11.1 Å². The first kappa shape index (κ1) is 19.3. The molecule has 4 bridgehead atoms. The standard InChI is InChI=1S/C24H33ClN2S/c25-16-22-10-17-11-23(13-22,18-4-2-1-3-5-18)15-24(12-17,14-22)21(28)27-20-8-6-19(26)7-9-20/h1-5,17,19-20H,6-16,26H2,(H,27,28)/t17?,19-,20-,22?,23?,24?. The number of rotatable bonds is 4. The molecule has 5 saturated carbocycles. The van der Waals surface area contributed by atoms with Crippen molar-refractivity contribution in [1.82, 2.24) is 5.32 Å². The number of hydrogen-bond donors (Lipinski definition) is 2. The van der Waals surface area contributed by atoms with Crippen molar-refractivity contribution in [2.24, 2.45) is 22.5 Å². The summed E-state index contributed by atoms with van der Waals surface area (Å²) < 4.78 is 0. The fourth-order valence-corrected chi connectivity index (χ4v) is 8.45. The third kappa shape index (κ3) is 3.13. The molecule has 5 aliphatic carbocycles. The third-order valence-corrected chi connectivity index (χ3v) is 9.56. The fraction of sp³-hybridized carbons (Fsp3) is 0.708. The molecule has 0 amide bonds. The predicted octanol–water partition coefficient (Wildman–Crippen LogP) is 5.32. The van der Waals surface area contributed by atoms with Crippen molar-refractivity contribution in [2.75, 3.05) is 5.88 Å². The van der Waals surface area contributed by atoms with Gasteiger partial charge in [0.05, 0.1) is 4.99 Å². The summed E-state index contributed by atoms with van der Waals surface area (Å²) in [6.07, 6.45) is 12.1. The summed E-state index contributed by atoms with van der Waals surface area (Å²) in [6, 6.07) is 12.1. The summed E-state index contributed by atoms with van der Waals surface area (Å²) in [5.41, 5.74) is 8.29. The van der Waals surface area contributed by atoms with Crippen LogP contribution in [0.4, 0.5) is 0 Å². The van der Waals surface area contributed by atoms with E-state index in [0.29, 0.717) is 12.1 Å². The molecule has 28 heavy (non-hydrogen) atoms. The van der Waals surface area contributed by atoms with Crippen molar-refractivity contribution in [3.05, 3.63) is 35.9 Å². The summed E-state index contributed by atoms with van der Waals surface area (Å²) >= 11 is 12.8. The van der Waals surface area contributed by atoms with Gasteiger partial charge in [0, 0.05) is 23.4 Å². The molecule has 6 rings (SSSR count). The molecular formula is C24H33ClN2S. The highest BCUT2D eigenvalue weighted by Gasteiger charge is 2.64.